The van der Waals surface area contributed by atoms with E-state index in [1.165, 1.54) is 49.4 Å². The molecule has 0 bridgehead atoms. The van der Waals surface area contributed by atoms with E-state index in [-0.39, 0.29) is 11.9 Å². The zero-order valence-electron chi connectivity index (χ0n) is 15.1. The molecule has 0 saturated carbocycles. The predicted octanol–water partition coefficient (Wildman–Crippen LogP) is 2.29. The lowest BCUT2D eigenvalue weighted by Gasteiger charge is -2.35. The minimum absolute atomic E-state index is 0.123. The Labute approximate surface area is 154 Å². The van der Waals surface area contributed by atoms with Gasteiger partial charge in [0.1, 0.15) is 5.75 Å². The standard InChI is InChI=1S/C20H25N3O3/c1-26-18-7-5-16(6-8-18)19(22-11-3-2-4-12-22)15-21-20(24)17-9-13-23(25)14-10-17/h5-10,13-14,19H,2-4,11-12,15H2,1H3,(H,21,24). The van der Waals surface area contributed by atoms with E-state index in [1.54, 1.807) is 7.11 Å². The van der Waals surface area contributed by atoms with E-state index in [4.69, 9.17) is 4.74 Å². The summed E-state index contributed by atoms with van der Waals surface area (Å²) in [5, 5.41) is 14.1. The van der Waals surface area contributed by atoms with E-state index in [1.807, 2.05) is 12.1 Å². The molecule has 6 heteroatoms. The van der Waals surface area contributed by atoms with Crippen LogP contribution in [0.15, 0.2) is 48.8 Å². The topological polar surface area (TPSA) is 68.5 Å². The van der Waals surface area contributed by atoms with Gasteiger partial charge in [-0.25, -0.2) is 0 Å². The van der Waals surface area contributed by atoms with Crippen molar-refractivity contribution >= 4 is 5.91 Å². The monoisotopic (exact) mass is 355 g/mol. The molecule has 1 atom stereocenters. The van der Waals surface area contributed by atoms with Crippen LogP contribution in [0.25, 0.3) is 0 Å². The number of nitrogens with zero attached hydrogens (tertiary/aromatic N) is 2. The van der Waals surface area contributed by atoms with Crippen molar-refractivity contribution in [3.8, 4) is 5.75 Å². The molecule has 1 aromatic heterocycles. The Balaban J connectivity index is 1.72. The summed E-state index contributed by atoms with van der Waals surface area (Å²) < 4.78 is 5.92. The van der Waals surface area contributed by atoms with Crippen molar-refractivity contribution < 1.29 is 14.3 Å². The maximum Gasteiger partial charge on any atom is 0.251 e. The normalized spacial score (nSPS) is 16.0. The third-order valence-electron chi connectivity index (χ3n) is 4.85. The molecule has 1 unspecified atom stereocenters. The number of nitrogens with one attached hydrogen (secondary N) is 1. The van der Waals surface area contributed by atoms with Crippen molar-refractivity contribution in [1.29, 1.82) is 0 Å². The zero-order valence-corrected chi connectivity index (χ0v) is 15.1. The molecule has 26 heavy (non-hydrogen) atoms. The van der Waals surface area contributed by atoms with Crippen molar-refractivity contribution in [3.63, 3.8) is 0 Å². The van der Waals surface area contributed by atoms with Gasteiger partial charge in [-0.05, 0) is 43.6 Å². The van der Waals surface area contributed by atoms with Gasteiger partial charge < -0.3 is 15.3 Å². The van der Waals surface area contributed by atoms with E-state index < -0.39 is 0 Å². The number of ether oxygens (including phenoxy) is 1. The first-order valence-electron chi connectivity index (χ1n) is 9.02. The number of likely N-dealkylation sites (tertiary alicyclic amines) is 1. The molecule has 1 aliphatic heterocycles. The summed E-state index contributed by atoms with van der Waals surface area (Å²) >= 11 is 0. The summed E-state index contributed by atoms with van der Waals surface area (Å²) in [6, 6.07) is 11.2. The second kappa shape index (κ2) is 8.67. The van der Waals surface area contributed by atoms with Gasteiger partial charge in [-0.2, -0.15) is 4.73 Å². The lowest BCUT2D eigenvalue weighted by Crippen LogP contribution is -2.40. The number of carbonyl (C=O) groups excluding carboxylic acids is 1. The van der Waals surface area contributed by atoms with Crippen LogP contribution in [-0.4, -0.2) is 37.6 Å². The van der Waals surface area contributed by atoms with Crippen LogP contribution in [0.2, 0.25) is 0 Å². The molecule has 1 aliphatic rings. The molecule has 1 aromatic carbocycles. The van der Waals surface area contributed by atoms with E-state index in [0.717, 1.165) is 18.8 Å². The van der Waals surface area contributed by atoms with Gasteiger partial charge in [0.15, 0.2) is 12.4 Å². The second-order valence-corrected chi connectivity index (χ2v) is 6.54. The SMILES string of the molecule is COc1ccc(C(CNC(=O)c2cc[n+]([O-])cc2)N2CCCCC2)cc1. The Hall–Kier alpha value is -2.60. The third-order valence-corrected chi connectivity index (χ3v) is 4.85. The van der Waals surface area contributed by atoms with Crippen molar-refractivity contribution in [2.45, 2.75) is 25.3 Å². The van der Waals surface area contributed by atoms with E-state index in [2.05, 4.69) is 22.3 Å². The number of aromatic nitrogens is 1. The third kappa shape index (κ3) is 4.52. The lowest BCUT2D eigenvalue weighted by atomic mass is 10.0. The van der Waals surface area contributed by atoms with Gasteiger partial charge in [0.2, 0.25) is 0 Å². The molecule has 2 heterocycles. The van der Waals surface area contributed by atoms with Crippen LogP contribution in [-0.2, 0) is 0 Å². The first-order valence-corrected chi connectivity index (χ1v) is 9.02. The Kier molecular flexibility index (Phi) is 6.07. The van der Waals surface area contributed by atoms with Gasteiger partial charge in [0.05, 0.1) is 18.7 Å². The quantitative estimate of drug-likeness (QED) is 0.638. The minimum Gasteiger partial charge on any atom is -0.619 e. The number of rotatable bonds is 6. The fourth-order valence-corrected chi connectivity index (χ4v) is 3.37. The Morgan fingerprint density at radius 3 is 2.42 bits per heavy atom. The van der Waals surface area contributed by atoms with E-state index in [9.17, 15) is 10.0 Å². The summed E-state index contributed by atoms with van der Waals surface area (Å²) in [6.07, 6.45) is 6.30. The fraction of sp³-hybridized carbons (Fsp3) is 0.400. The molecule has 3 rings (SSSR count). The van der Waals surface area contributed by atoms with Crippen LogP contribution in [0.4, 0.5) is 0 Å². The maximum absolute atomic E-state index is 12.4. The number of amides is 1. The highest BCUT2D eigenvalue weighted by Crippen LogP contribution is 2.26. The maximum atomic E-state index is 12.4. The fourth-order valence-electron chi connectivity index (χ4n) is 3.37. The molecular weight excluding hydrogens is 330 g/mol. The van der Waals surface area contributed by atoms with Crippen LogP contribution >= 0.6 is 0 Å². The van der Waals surface area contributed by atoms with Crippen LogP contribution in [0.1, 0.15) is 41.2 Å². The molecule has 1 fully saturated rings. The Bertz CT molecular complexity index is 710. The molecule has 1 amide bonds. The highest BCUT2D eigenvalue weighted by Gasteiger charge is 2.23. The van der Waals surface area contributed by atoms with E-state index in [0.29, 0.717) is 16.8 Å². The number of benzene rings is 1. The van der Waals surface area contributed by atoms with Crippen molar-refractivity contribution in [1.82, 2.24) is 10.2 Å². The molecule has 1 N–H and O–H groups in total. The number of carbonyl (C=O) groups is 1. The van der Waals surface area contributed by atoms with Gasteiger partial charge in [0, 0.05) is 18.7 Å². The molecular formula is C20H25N3O3. The van der Waals surface area contributed by atoms with E-state index >= 15 is 0 Å². The van der Waals surface area contributed by atoms with Crippen LogP contribution < -0.4 is 14.8 Å². The zero-order chi connectivity index (χ0) is 18.4. The number of methoxy groups -OCH3 is 1. The second-order valence-electron chi connectivity index (χ2n) is 6.54. The summed E-state index contributed by atoms with van der Waals surface area (Å²) in [5.41, 5.74) is 1.66. The smallest absolute Gasteiger partial charge is 0.251 e. The Morgan fingerprint density at radius 2 is 1.81 bits per heavy atom. The highest BCUT2D eigenvalue weighted by atomic mass is 16.5. The molecule has 138 valence electrons. The van der Waals surface area contributed by atoms with Gasteiger partial charge >= 0.3 is 0 Å². The van der Waals surface area contributed by atoms with Gasteiger partial charge in [0.25, 0.3) is 5.91 Å². The lowest BCUT2D eigenvalue weighted by molar-refractivity contribution is -0.605. The largest absolute Gasteiger partial charge is 0.619 e. The number of piperidine rings is 1. The van der Waals surface area contributed by atoms with Crippen molar-refractivity contribution in [3.05, 3.63) is 65.1 Å². The average molecular weight is 355 g/mol. The number of pyridine rings is 1. The van der Waals surface area contributed by atoms with Gasteiger partial charge in [-0.15, -0.1) is 0 Å². The number of hydrogen-bond donors (Lipinski definition) is 1. The summed E-state index contributed by atoms with van der Waals surface area (Å²) in [4.78, 5) is 14.8. The van der Waals surface area contributed by atoms with Crippen LogP contribution in [0.5, 0.6) is 5.75 Å². The van der Waals surface area contributed by atoms with Crippen LogP contribution in [0, 0.1) is 5.21 Å². The van der Waals surface area contributed by atoms with Gasteiger partial charge in [-0.3, -0.25) is 9.69 Å². The minimum atomic E-state index is -0.166. The first kappa shape index (κ1) is 18.2. The Morgan fingerprint density at radius 1 is 1.15 bits per heavy atom. The summed E-state index contributed by atoms with van der Waals surface area (Å²) in [5.74, 6) is 0.659. The average Bonchev–Trinajstić information content (AvgIpc) is 2.70. The molecule has 2 aromatic rings. The molecule has 1 saturated heterocycles. The van der Waals surface area contributed by atoms with Gasteiger partial charge in [-0.1, -0.05) is 18.6 Å². The van der Waals surface area contributed by atoms with Crippen molar-refractivity contribution in [2.24, 2.45) is 0 Å². The molecule has 0 radical (unpaired) electrons. The molecule has 0 aliphatic carbocycles. The summed E-state index contributed by atoms with van der Waals surface area (Å²) in [6.45, 7) is 2.60. The highest BCUT2D eigenvalue weighted by molar-refractivity contribution is 5.93. The summed E-state index contributed by atoms with van der Waals surface area (Å²) in [7, 11) is 1.66. The number of hydrogen-bond acceptors (Lipinski definition) is 4. The van der Waals surface area contributed by atoms with Crippen molar-refractivity contribution in [2.75, 3.05) is 26.7 Å². The first-order chi connectivity index (χ1) is 12.7. The molecule has 6 nitrogen and oxygen atoms in total. The molecule has 0 spiro atoms. The predicted molar refractivity (Wildman–Crippen MR) is 98.9 cm³/mol. The van der Waals surface area contributed by atoms with Crippen LogP contribution in [0.3, 0.4) is 0 Å².